The summed E-state index contributed by atoms with van der Waals surface area (Å²) in [6.07, 6.45) is 8.41. The summed E-state index contributed by atoms with van der Waals surface area (Å²) in [5, 5.41) is 31.3. The summed E-state index contributed by atoms with van der Waals surface area (Å²) in [5.41, 5.74) is 8.12. The molecule has 0 saturated heterocycles. The second-order valence-corrected chi connectivity index (χ2v) is 18.0. The average molecular weight is 1020 g/mol. The molecule has 0 fully saturated rings. The molecule has 6 aromatic heterocycles. The van der Waals surface area contributed by atoms with E-state index in [4.69, 9.17) is 54.2 Å². The lowest BCUT2D eigenvalue weighted by atomic mass is 10.1. The van der Waals surface area contributed by atoms with Crippen molar-refractivity contribution in [2.75, 3.05) is 41.5 Å². The number of methoxy groups -OCH3 is 4. The van der Waals surface area contributed by atoms with Gasteiger partial charge >= 0.3 is 0 Å². The second kappa shape index (κ2) is 20.1. The molecular weight excluding hydrogens is 967 g/mol. The molecular formula is C52H50N13O6S2+. The third kappa shape index (κ3) is 9.57. The van der Waals surface area contributed by atoms with Crippen molar-refractivity contribution >= 4 is 79.9 Å². The number of H-pyrrole nitrogens is 4. The standard InChI is InChI=1S/C52H49N13O6S2/c1-68-43-21-35-39(23-45(43)70-3)60-51(72)64(47(35)53)15-6-12-55-49(66)41-19-31-9-8-30(18-38(31)59-41)32-7-5-14-62(26-32)28-63-27-34(25-57-63)29-10-11-37-33(17-29)20-42(58-37)50(67)56-13-16-65-48(54)36-22-44(69-2)46(71-4)24-40(36)61-52(65)73/h5,7-11,14,17-27H,6,12-13,15-16,28H2,1-4H3,(H7-,53,54,55,56,58,59,60,61,66,67,72,73)/p+1. The van der Waals surface area contributed by atoms with Gasteiger partial charge in [0.1, 0.15) is 22.4 Å². The van der Waals surface area contributed by atoms with E-state index in [9.17, 15) is 9.59 Å². The Balaban J connectivity index is 0.748. The minimum atomic E-state index is -0.277. The number of hydrogen-bond donors (Lipinski definition) is 8. The molecule has 0 bridgehead atoms. The van der Waals surface area contributed by atoms with Crippen LogP contribution in [0.3, 0.4) is 0 Å². The first-order valence-electron chi connectivity index (χ1n) is 23.1. The van der Waals surface area contributed by atoms with Crippen LogP contribution < -0.4 is 45.1 Å². The van der Waals surface area contributed by atoms with E-state index >= 15 is 0 Å². The van der Waals surface area contributed by atoms with Gasteiger partial charge in [-0.2, -0.15) is 9.67 Å². The van der Waals surface area contributed by atoms with E-state index in [1.807, 2.05) is 83.9 Å². The van der Waals surface area contributed by atoms with Crippen LogP contribution >= 0.6 is 24.4 Å². The molecule has 8 N–H and O–H groups in total. The highest BCUT2D eigenvalue weighted by Gasteiger charge is 2.17. The van der Waals surface area contributed by atoms with Crippen LogP contribution in [0.15, 0.2) is 110 Å². The molecule has 10 aromatic rings. The zero-order chi connectivity index (χ0) is 50.9. The molecule has 21 heteroatoms. The van der Waals surface area contributed by atoms with Crippen molar-refractivity contribution in [3.05, 3.63) is 142 Å². The van der Waals surface area contributed by atoms with Gasteiger partial charge in [-0.25, -0.2) is 4.68 Å². The minimum Gasteiger partial charge on any atom is -0.493 e. The lowest BCUT2D eigenvalue weighted by Gasteiger charge is -2.13. The summed E-state index contributed by atoms with van der Waals surface area (Å²) in [6, 6.07) is 26.7. The molecule has 2 amide bonds. The van der Waals surface area contributed by atoms with Crippen LogP contribution in [0.25, 0.3) is 65.9 Å². The first kappa shape index (κ1) is 47.8. The number of carbonyl (C=O) groups is 2. The number of nitrogens with one attached hydrogen (secondary N) is 8. The van der Waals surface area contributed by atoms with E-state index in [0.29, 0.717) is 91.9 Å². The number of aromatic nitrogens is 9. The van der Waals surface area contributed by atoms with Crippen LogP contribution in [0.1, 0.15) is 27.4 Å². The smallest absolute Gasteiger partial charge is 0.267 e. The first-order chi connectivity index (χ1) is 35.4. The van der Waals surface area contributed by atoms with Gasteiger partial charge in [-0.3, -0.25) is 20.4 Å². The number of benzene rings is 4. The molecule has 6 heterocycles. The van der Waals surface area contributed by atoms with Gasteiger partial charge in [0.15, 0.2) is 44.9 Å². The second-order valence-electron chi connectivity index (χ2n) is 17.2. The minimum absolute atomic E-state index is 0.192. The van der Waals surface area contributed by atoms with Gasteiger partial charge in [-0.15, -0.1) is 0 Å². The Labute approximate surface area is 426 Å². The number of ether oxygens (including phenoxy) is 4. The van der Waals surface area contributed by atoms with Gasteiger partial charge < -0.3 is 58.7 Å². The van der Waals surface area contributed by atoms with Crippen LogP contribution in [0.5, 0.6) is 23.0 Å². The Kier molecular flexibility index (Phi) is 13.2. The van der Waals surface area contributed by atoms with Crippen LogP contribution in [0.2, 0.25) is 0 Å². The van der Waals surface area contributed by atoms with E-state index in [1.54, 1.807) is 61.8 Å². The van der Waals surface area contributed by atoms with E-state index in [-0.39, 0.29) is 35.9 Å². The molecule has 0 radical (unpaired) electrons. The maximum atomic E-state index is 13.3. The van der Waals surface area contributed by atoms with Gasteiger partial charge in [-0.05, 0) is 90.5 Å². The number of aromatic amines is 4. The number of nitrogens with zero attached hydrogens (tertiary/aromatic N) is 5. The average Bonchev–Trinajstić information content (AvgIpc) is 4.17. The highest BCUT2D eigenvalue weighted by atomic mass is 32.1. The van der Waals surface area contributed by atoms with Gasteiger partial charge in [0, 0.05) is 94.3 Å². The fourth-order valence-electron chi connectivity index (χ4n) is 8.95. The molecule has 19 nitrogen and oxygen atoms in total. The lowest BCUT2D eigenvalue weighted by molar-refractivity contribution is -0.702. The Morgan fingerprint density at radius 3 is 1.85 bits per heavy atom. The van der Waals surface area contributed by atoms with Crippen molar-refractivity contribution in [1.82, 2.24) is 49.5 Å². The molecule has 0 saturated carbocycles. The molecule has 0 aliphatic heterocycles. The Morgan fingerprint density at radius 2 is 1.19 bits per heavy atom. The molecule has 0 atom stereocenters. The Bertz CT molecular complexity index is 4050. The predicted molar refractivity (Wildman–Crippen MR) is 280 cm³/mol. The summed E-state index contributed by atoms with van der Waals surface area (Å²) in [7, 11) is 6.20. The number of hydrogen-bond acceptors (Lipinski definition) is 11. The Hall–Kier alpha value is -8.82. The van der Waals surface area contributed by atoms with E-state index in [0.717, 1.165) is 44.1 Å². The largest absolute Gasteiger partial charge is 0.493 e. The van der Waals surface area contributed by atoms with Crippen LogP contribution in [-0.4, -0.2) is 92.2 Å². The lowest BCUT2D eigenvalue weighted by Crippen LogP contribution is -2.36. The van der Waals surface area contributed by atoms with E-state index in [2.05, 4.69) is 46.4 Å². The summed E-state index contributed by atoms with van der Waals surface area (Å²) in [5.74, 6) is 1.58. The zero-order valence-corrected chi connectivity index (χ0v) is 41.8. The van der Waals surface area contributed by atoms with Crippen molar-refractivity contribution in [2.45, 2.75) is 26.2 Å². The van der Waals surface area contributed by atoms with Crippen molar-refractivity contribution < 1.29 is 33.1 Å². The van der Waals surface area contributed by atoms with Crippen LogP contribution in [-0.2, 0) is 19.8 Å². The van der Waals surface area contributed by atoms with E-state index < -0.39 is 0 Å². The van der Waals surface area contributed by atoms with Gasteiger partial charge in [0.05, 0.1) is 45.7 Å². The molecule has 73 heavy (non-hydrogen) atoms. The molecule has 370 valence electrons. The fourth-order valence-corrected chi connectivity index (χ4v) is 9.54. The van der Waals surface area contributed by atoms with Crippen LogP contribution in [0.4, 0.5) is 0 Å². The normalized spacial score (nSPS) is 11.4. The fraction of sp³-hybridized carbons (Fsp3) is 0.192. The summed E-state index contributed by atoms with van der Waals surface area (Å²) in [6.45, 7) is 1.80. The number of carbonyl (C=O) groups excluding carboxylic acids is 2. The van der Waals surface area contributed by atoms with Gasteiger partial charge in [-0.1, -0.05) is 18.2 Å². The molecule has 0 spiro atoms. The third-order valence-electron chi connectivity index (χ3n) is 12.7. The number of pyridine rings is 1. The molecule has 0 unspecified atom stereocenters. The van der Waals surface area contributed by atoms with E-state index in [1.165, 1.54) is 0 Å². The monoisotopic (exact) mass is 1020 g/mol. The highest BCUT2D eigenvalue weighted by molar-refractivity contribution is 7.71. The number of amides is 2. The Morgan fingerprint density at radius 1 is 0.616 bits per heavy atom. The summed E-state index contributed by atoms with van der Waals surface area (Å²) < 4.78 is 29.7. The number of fused-ring (bicyclic) bond motifs is 4. The molecule has 0 aliphatic carbocycles. The molecule has 0 aliphatic rings. The van der Waals surface area contributed by atoms with Crippen molar-refractivity contribution in [2.24, 2.45) is 0 Å². The van der Waals surface area contributed by atoms with Gasteiger partial charge in [0.25, 0.3) is 11.8 Å². The van der Waals surface area contributed by atoms with Crippen LogP contribution in [0, 0.1) is 20.4 Å². The third-order valence-corrected chi connectivity index (χ3v) is 13.4. The topological polar surface area (TPSA) is 238 Å². The first-order valence-corrected chi connectivity index (χ1v) is 23.9. The van der Waals surface area contributed by atoms with Crippen molar-refractivity contribution in [3.63, 3.8) is 0 Å². The quantitative estimate of drug-likeness (QED) is 0.0260. The summed E-state index contributed by atoms with van der Waals surface area (Å²) in [4.78, 5) is 39.4. The highest BCUT2D eigenvalue weighted by Crippen LogP contribution is 2.32. The SMILES string of the molecule is COc1cc2[nH]c(=S)n(CCCNC(=O)c3cc4ccc(-c5ccc[n+](Cn6cc(-c7ccc8[nH]c(C(=O)NCCn9c(=S)[nH]c%10cc(OC)c(OC)cc%10c9=N)cc8c7)cn6)c5)cc4[nH]3)c(=N)c2cc1OC. The number of rotatable bonds is 17. The predicted octanol–water partition coefficient (Wildman–Crippen LogP) is 7.24. The van der Waals surface area contributed by atoms with Gasteiger partial charge in [0.2, 0.25) is 6.67 Å². The molecule has 4 aromatic carbocycles. The summed E-state index contributed by atoms with van der Waals surface area (Å²) >= 11 is 11.1. The zero-order valence-electron chi connectivity index (χ0n) is 40.1. The maximum Gasteiger partial charge on any atom is 0.267 e. The maximum absolute atomic E-state index is 13.3. The van der Waals surface area contributed by atoms with Crippen molar-refractivity contribution in [1.29, 1.82) is 10.8 Å². The van der Waals surface area contributed by atoms with Crippen molar-refractivity contribution in [3.8, 4) is 45.3 Å². The molecule has 10 rings (SSSR count).